The first kappa shape index (κ1) is 23.4. The van der Waals surface area contributed by atoms with Gasteiger partial charge in [-0.15, -0.1) is 0 Å². The predicted molar refractivity (Wildman–Crippen MR) is 127 cm³/mol. The summed E-state index contributed by atoms with van der Waals surface area (Å²) in [5, 5.41) is 0. The molecule has 0 bridgehead atoms. The van der Waals surface area contributed by atoms with Crippen molar-refractivity contribution in [2.24, 2.45) is 5.92 Å². The molecule has 0 spiro atoms. The van der Waals surface area contributed by atoms with Crippen LogP contribution in [0.25, 0.3) is 0 Å². The third kappa shape index (κ3) is 5.62. The van der Waals surface area contributed by atoms with Crippen LogP contribution in [0.1, 0.15) is 43.7 Å². The van der Waals surface area contributed by atoms with Gasteiger partial charge < -0.3 is 9.80 Å². The first-order valence-electron chi connectivity index (χ1n) is 11.6. The average molecular weight is 470 g/mol. The fraction of sp³-hybridized carbons (Fsp3) is 0.440. The van der Waals surface area contributed by atoms with E-state index in [0.717, 1.165) is 42.7 Å². The number of sulfonamides is 1. The summed E-state index contributed by atoms with van der Waals surface area (Å²) in [5.74, 6) is 0.602. The third-order valence-electron chi connectivity index (χ3n) is 6.56. The smallest absolute Gasteiger partial charge is 0.240 e. The van der Waals surface area contributed by atoms with Crippen LogP contribution in [0.15, 0.2) is 53.4 Å². The zero-order valence-corrected chi connectivity index (χ0v) is 19.8. The fourth-order valence-corrected chi connectivity index (χ4v) is 5.49. The summed E-state index contributed by atoms with van der Waals surface area (Å²) in [6.07, 6.45) is 3.02. The predicted octanol–water partition coefficient (Wildman–Crippen LogP) is 3.09. The van der Waals surface area contributed by atoms with E-state index in [1.165, 1.54) is 6.07 Å². The molecule has 176 valence electrons. The summed E-state index contributed by atoms with van der Waals surface area (Å²) in [4.78, 5) is 29.0. The van der Waals surface area contributed by atoms with E-state index in [0.29, 0.717) is 18.9 Å². The Morgan fingerprint density at radius 1 is 0.970 bits per heavy atom. The largest absolute Gasteiger partial charge is 0.343 e. The van der Waals surface area contributed by atoms with Crippen molar-refractivity contribution in [3.05, 3.63) is 59.7 Å². The summed E-state index contributed by atoms with van der Waals surface area (Å²) in [6, 6.07) is 14.2. The van der Waals surface area contributed by atoms with Gasteiger partial charge >= 0.3 is 0 Å². The molecule has 0 radical (unpaired) electrons. The molecule has 0 atom stereocenters. The molecule has 8 heteroatoms. The third-order valence-corrected chi connectivity index (χ3v) is 7.95. The van der Waals surface area contributed by atoms with Gasteiger partial charge in [0.1, 0.15) is 0 Å². The first-order chi connectivity index (χ1) is 15.8. The molecule has 2 amide bonds. The Labute approximate surface area is 195 Å². The van der Waals surface area contributed by atoms with Crippen LogP contribution in [0.4, 0.5) is 5.69 Å². The molecule has 1 saturated heterocycles. The highest BCUT2D eigenvalue weighted by Gasteiger charge is 2.28. The van der Waals surface area contributed by atoms with Gasteiger partial charge in [-0.3, -0.25) is 9.59 Å². The lowest BCUT2D eigenvalue weighted by Crippen LogP contribution is -2.38. The number of amides is 2. The molecule has 33 heavy (non-hydrogen) atoms. The molecular weight excluding hydrogens is 438 g/mol. The summed E-state index contributed by atoms with van der Waals surface area (Å²) < 4.78 is 28.1. The molecule has 2 aromatic carbocycles. The molecule has 0 unspecified atom stereocenters. The van der Waals surface area contributed by atoms with Crippen molar-refractivity contribution in [2.45, 2.75) is 50.5 Å². The Kier molecular flexibility index (Phi) is 7.14. The van der Waals surface area contributed by atoms with E-state index in [2.05, 4.69) is 11.6 Å². The number of likely N-dealkylation sites (tertiary alicyclic amines) is 1. The summed E-state index contributed by atoms with van der Waals surface area (Å²) in [7, 11) is -3.66. The van der Waals surface area contributed by atoms with Crippen molar-refractivity contribution < 1.29 is 18.0 Å². The van der Waals surface area contributed by atoms with E-state index >= 15 is 0 Å². The highest BCUT2D eigenvalue weighted by Crippen LogP contribution is 2.31. The van der Waals surface area contributed by atoms with Crippen molar-refractivity contribution in [1.82, 2.24) is 9.62 Å². The molecule has 0 aliphatic carbocycles. The van der Waals surface area contributed by atoms with Gasteiger partial charge in [-0.05, 0) is 54.5 Å². The number of piperidine rings is 1. The van der Waals surface area contributed by atoms with Crippen molar-refractivity contribution >= 4 is 27.5 Å². The molecule has 0 saturated carbocycles. The van der Waals surface area contributed by atoms with Crippen LogP contribution in [-0.4, -0.2) is 44.8 Å². The number of rotatable bonds is 7. The standard InChI is InChI=1S/C25H31N3O4S/c1-19-11-14-27(15-12-19)24(29)9-10-25(30)28-16-13-21-17-22(7-8-23(21)28)33(31,32)26-18-20-5-3-2-4-6-20/h2-8,17,19,26H,9-16,18H2,1H3. The van der Waals surface area contributed by atoms with E-state index in [9.17, 15) is 18.0 Å². The van der Waals surface area contributed by atoms with Crippen molar-refractivity contribution in [3.8, 4) is 0 Å². The molecule has 1 N–H and O–H groups in total. The van der Waals surface area contributed by atoms with Gasteiger partial charge in [0.05, 0.1) is 4.90 Å². The van der Waals surface area contributed by atoms with Gasteiger partial charge in [-0.1, -0.05) is 37.3 Å². The number of hydrogen-bond acceptors (Lipinski definition) is 4. The molecule has 2 aromatic rings. The highest BCUT2D eigenvalue weighted by molar-refractivity contribution is 7.89. The molecule has 2 aliphatic rings. The summed E-state index contributed by atoms with van der Waals surface area (Å²) in [6.45, 7) is 4.47. The quantitative estimate of drug-likeness (QED) is 0.675. The molecule has 2 heterocycles. The Balaban J connectivity index is 1.35. The Hall–Kier alpha value is -2.71. The number of nitrogens with zero attached hydrogens (tertiary/aromatic N) is 2. The van der Waals surface area contributed by atoms with Crippen LogP contribution in [0.2, 0.25) is 0 Å². The summed E-state index contributed by atoms with van der Waals surface area (Å²) in [5.41, 5.74) is 2.45. The van der Waals surface area contributed by atoms with E-state index in [1.807, 2.05) is 35.2 Å². The van der Waals surface area contributed by atoms with E-state index in [1.54, 1.807) is 17.0 Å². The molecular formula is C25H31N3O4S. The maximum Gasteiger partial charge on any atom is 0.240 e. The van der Waals surface area contributed by atoms with Crippen LogP contribution >= 0.6 is 0 Å². The fourth-order valence-electron chi connectivity index (χ4n) is 4.43. The van der Waals surface area contributed by atoms with E-state index in [4.69, 9.17) is 0 Å². The minimum absolute atomic E-state index is 0.0422. The minimum atomic E-state index is -3.66. The van der Waals surface area contributed by atoms with E-state index < -0.39 is 10.0 Å². The molecule has 1 fully saturated rings. The number of carbonyl (C=O) groups excluding carboxylic acids is 2. The SMILES string of the molecule is CC1CCN(C(=O)CCC(=O)N2CCc3cc(S(=O)(=O)NCc4ccccc4)ccc32)CC1. The van der Waals surface area contributed by atoms with Crippen LogP contribution in [0, 0.1) is 5.92 Å². The summed E-state index contributed by atoms with van der Waals surface area (Å²) >= 11 is 0. The average Bonchev–Trinajstić information content (AvgIpc) is 3.26. The number of carbonyl (C=O) groups is 2. The Morgan fingerprint density at radius 3 is 2.39 bits per heavy atom. The van der Waals surface area contributed by atoms with Gasteiger partial charge in [0.25, 0.3) is 0 Å². The Bertz CT molecular complexity index is 1110. The molecule has 4 rings (SSSR count). The first-order valence-corrected chi connectivity index (χ1v) is 13.1. The number of anilines is 1. The van der Waals surface area contributed by atoms with E-state index in [-0.39, 0.29) is 36.1 Å². The van der Waals surface area contributed by atoms with Crippen molar-refractivity contribution in [3.63, 3.8) is 0 Å². The number of nitrogens with one attached hydrogen (secondary N) is 1. The number of benzene rings is 2. The lowest BCUT2D eigenvalue weighted by Gasteiger charge is -2.30. The van der Waals surface area contributed by atoms with Gasteiger partial charge in [-0.2, -0.15) is 0 Å². The van der Waals surface area contributed by atoms with Crippen molar-refractivity contribution in [1.29, 1.82) is 0 Å². The maximum absolute atomic E-state index is 12.8. The van der Waals surface area contributed by atoms with Crippen LogP contribution < -0.4 is 9.62 Å². The lowest BCUT2D eigenvalue weighted by atomic mass is 9.99. The highest BCUT2D eigenvalue weighted by atomic mass is 32.2. The second-order valence-electron chi connectivity index (χ2n) is 8.96. The molecule has 2 aliphatic heterocycles. The Morgan fingerprint density at radius 2 is 1.67 bits per heavy atom. The van der Waals surface area contributed by atoms with Crippen LogP contribution in [0.3, 0.4) is 0 Å². The second kappa shape index (κ2) is 10.1. The zero-order chi connectivity index (χ0) is 23.4. The molecule has 0 aromatic heterocycles. The normalized spacial score (nSPS) is 16.6. The van der Waals surface area contributed by atoms with Gasteiger partial charge in [0.15, 0.2) is 0 Å². The number of hydrogen-bond donors (Lipinski definition) is 1. The monoisotopic (exact) mass is 469 g/mol. The van der Waals surface area contributed by atoms with Gasteiger partial charge in [0.2, 0.25) is 21.8 Å². The zero-order valence-electron chi connectivity index (χ0n) is 19.0. The van der Waals surface area contributed by atoms with Gasteiger partial charge in [-0.25, -0.2) is 13.1 Å². The van der Waals surface area contributed by atoms with Crippen LogP contribution in [-0.2, 0) is 32.6 Å². The van der Waals surface area contributed by atoms with Gasteiger partial charge in [0, 0.05) is 44.7 Å². The molecule has 7 nitrogen and oxygen atoms in total. The number of fused-ring (bicyclic) bond motifs is 1. The maximum atomic E-state index is 12.8. The lowest BCUT2D eigenvalue weighted by molar-refractivity contribution is -0.134. The minimum Gasteiger partial charge on any atom is -0.343 e. The topological polar surface area (TPSA) is 86.8 Å². The second-order valence-corrected chi connectivity index (χ2v) is 10.7. The van der Waals surface area contributed by atoms with Crippen LogP contribution in [0.5, 0.6) is 0 Å². The van der Waals surface area contributed by atoms with Crippen molar-refractivity contribution in [2.75, 3.05) is 24.5 Å².